The summed E-state index contributed by atoms with van der Waals surface area (Å²) in [5.41, 5.74) is 4.34. The maximum atomic E-state index is 13.3. The lowest BCUT2D eigenvalue weighted by Crippen LogP contribution is -2.17. The molecule has 192 valence electrons. The average Bonchev–Trinajstić information content (AvgIpc) is 3.45. The minimum Gasteiger partial charge on any atom is -0.462 e. The standard InChI is InChI=1S/C31H29N3O3S/c1-3-37-31(36)28-25-14-13-20(2)15-27(25)38-30(28)33-29(35)22(17-32)16-23-19-34(18-21-9-5-4-6-10-21)26-12-8-7-11-24(23)26/h4-12,16,19-20H,3,13-15,18H2,1-2H3,(H,33,35)/b22-16+/t20-/m1/s1. The monoisotopic (exact) mass is 523 g/mol. The minimum absolute atomic E-state index is 0.0258. The number of benzene rings is 2. The lowest BCUT2D eigenvalue weighted by molar-refractivity contribution is -0.112. The van der Waals surface area contributed by atoms with Gasteiger partial charge in [0.1, 0.15) is 16.6 Å². The molecule has 0 fully saturated rings. The Hall–Kier alpha value is -4.15. The molecule has 1 aliphatic rings. The third-order valence-electron chi connectivity index (χ3n) is 6.90. The van der Waals surface area contributed by atoms with Gasteiger partial charge in [-0.05, 0) is 55.4 Å². The lowest BCUT2D eigenvalue weighted by Gasteiger charge is -2.18. The van der Waals surface area contributed by atoms with Crippen molar-refractivity contribution in [1.29, 1.82) is 5.26 Å². The lowest BCUT2D eigenvalue weighted by atomic mass is 9.88. The van der Waals surface area contributed by atoms with Crippen LogP contribution in [-0.2, 0) is 28.9 Å². The molecular weight excluding hydrogens is 494 g/mol. The molecule has 4 aromatic rings. The molecule has 1 N–H and O–H groups in total. The minimum atomic E-state index is -0.537. The number of nitriles is 1. The number of rotatable bonds is 7. The number of carbonyl (C=O) groups is 2. The number of ether oxygens (including phenoxy) is 1. The Morgan fingerprint density at radius 3 is 2.71 bits per heavy atom. The van der Waals surface area contributed by atoms with E-state index < -0.39 is 11.9 Å². The molecular formula is C31H29N3O3S. The van der Waals surface area contributed by atoms with E-state index in [1.807, 2.05) is 48.7 Å². The smallest absolute Gasteiger partial charge is 0.341 e. The molecule has 0 saturated carbocycles. The summed E-state index contributed by atoms with van der Waals surface area (Å²) in [6, 6.07) is 20.2. The Labute approximate surface area is 226 Å². The second kappa shape index (κ2) is 11.1. The number of hydrogen-bond acceptors (Lipinski definition) is 5. The van der Waals surface area contributed by atoms with Gasteiger partial charge in [-0.15, -0.1) is 11.3 Å². The van der Waals surface area contributed by atoms with Crippen LogP contribution < -0.4 is 5.32 Å². The molecule has 7 heteroatoms. The van der Waals surface area contributed by atoms with Crippen molar-refractivity contribution in [3.8, 4) is 6.07 Å². The van der Waals surface area contributed by atoms with E-state index >= 15 is 0 Å². The zero-order valence-electron chi connectivity index (χ0n) is 21.5. The molecule has 6 nitrogen and oxygen atoms in total. The highest BCUT2D eigenvalue weighted by Gasteiger charge is 2.29. The molecule has 1 amide bonds. The van der Waals surface area contributed by atoms with Gasteiger partial charge in [0, 0.05) is 34.1 Å². The number of thiophene rings is 1. The van der Waals surface area contributed by atoms with Crippen molar-refractivity contribution >= 4 is 45.2 Å². The SMILES string of the molecule is CCOC(=O)c1c(NC(=O)/C(C#N)=C/c2cn(Cc3ccccc3)c3ccccc23)sc2c1CC[C@@H](C)C2. The van der Waals surface area contributed by atoms with Crippen LogP contribution in [0.4, 0.5) is 5.00 Å². The van der Waals surface area contributed by atoms with Crippen LogP contribution in [0.2, 0.25) is 0 Å². The van der Waals surface area contributed by atoms with Gasteiger partial charge < -0.3 is 14.6 Å². The van der Waals surface area contributed by atoms with Crippen LogP contribution in [-0.4, -0.2) is 23.1 Å². The Morgan fingerprint density at radius 2 is 1.95 bits per heavy atom. The first-order valence-corrected chi connectivity index (χ1v) is 13.7. The number of nitrogens with zero attached hydrogens (tertiary/aromatic N) is 2. The van der Waals surface area contributed by atoms with Crippen molar-refractivity contribution in [1.82, 2.24) is 4.57 Å². The first-order chi connectivity index (χ1) is 18.5. The average molecular weight is 524 g/mol. The van der Waals surface area contributed by atoms with Crippen LogP contribution in [0.5, 0.6) is 0 Å². The van der Waals surface area contributed by atoms with Crippen molar-refractivity contribution in [2.45, 2.75) is 39.7 Å². The second-order valence-electron chi connectivity index (χ2n) is 9.62. The molecule has 5 rings (SSSR count). The summed E-state index contributed by atoms with van der Waals surface area (Å²) in [6.07, 6.45) is 6.22. The van der Waals surface area contributed by atoms with Crippen molar-refractivity contribution in [3.05, 3.63) is 93.5 Å². The fourth-order valence-corrected chi connectivity index (χ4v) is 6.43. The van der Waals surface area contributed by atoms with Crippen LogP contribution in [0.1, 0.15) is 52.2 Å². The van der Waals surface area contributed by atoms with E-state index in [0.717, 1.165) is 51.7 Å². The largest absolute Gasteiger partial charge is 0.462 e. The zero-order chi connectivity index (χ0) is 26.6. The third kappa shape index (κ3) is 5.13. The molecule has 0 spiro atoms. The van der Waals surface area contributed by atoms with E-state index in [4.69, 9.17) is 4.74 Å². The maximum Gasteiger partial charge on any atom is 0.341 e. The number of anilines is 1. The van der Waals surface area contributed by atoms with Gasteiger partial charge in [-0.3, -0.25) is 4.79 Å². The fraction of sp³-hybridized carbons (Fsp3) is 0.258. The molecule has 0 unspecified atom stereocenters. The number of para-hydroxylation sites is 1. The van der Waals surface area contributed by atoms with E-state index in [0.29, 0.717) is 23.0 Å². The van der Waals surface area contributed by atoms with Crippen LogP contribution in [0.15, 0.2) is 66.4 Å². The Bertz CT molecular complexity index is 1570. The summed E-state index contributed by atoms with van der Waals surface area (Å²) in [6.45, 7) is 4.88. The number of amides is 1. The van der Waals surface area contributed by atoms with Crippen molar-refractivity contribution in [3.63, 3.8) is 0 Å². The summed E-state index contributed by atoms with van der Waals surface area (Å²) >= 11 is 1.42. The summed E-state index contributed by atoms with van der Waals surface area (Å²) in [5, 5.41) is 14.2. The van der Waals surface area contributed by atoms with Gasteiger partial charge in [0.2, 0.25) is 0 Å². The first-order valence-electron chi connectivity index (χ1n) is 12.8. The van der Waals surface area contributed by atoms with E-state index in [-0.39, 0.29) is 12.2 Å². The molecule has 38 heavy (non-hydrogen) atoms. The fourth-order valence-electron chi connectivity index (χ4n) is 5.03. The van der Waals surface area contributed by atoms with Gasteiger partial charge in [0.15, 0.2) is 0 Å². The molecule has 0 aliphatic heterocycles. The normalized spacial score (nSPS) is 15.1. The second-order valence-corrected chi connectivity index (χ2v) is 10.7. The highest BCUT2D eigenvalue weighted by atomic mass is 32.1. The third-order valence-corrected chi connectivity index (χ3v) is 8.07. The Morgan fingerprint density at radius 1 is 1.18 bits per heavy atom. The van der Waals surface area contributed by atoms with Gasteiger partial charge in [0.25, 0.3) is 5.91 Å². The number of carbonyl (C=O) groups excluding carboxylic acids is 2. The molecule has 1 aliphatic carbocycles. The van der Waals surface area contributed by atoms with Crippen molar-refractivity contribution in [2.24, 2.45) is 5.92 Å². The summed E-state index contributed by atoms with van der Waals surface area (Å²) in [4.78, 5) is 27.3. The van der Waals surface area contributed by atoms with Gasteiger partial charge >= 0.3 is 5.97 Å². The first kappa shape index (κ1) is 25.5. The van der Waals surface area contributed by atoms with Crippen LogP contribution in [0, 0.1) is 17.2 Å². The summed E-state index contributed by atoms with van der Waals surface area (Å²) in [5.74, 6) is -0.451. The molecule has 2 aromatic carbocycles. The predicted molar refractivity (Wildman–Crippen MR) is 151 cm³/mol. The topological polar surface area (TPSA) is 84.1 Å². The molecule has 1 atom stereocenters. The van der Waals surface area contributed by atoms with Crippen LogP contribution in [0.3, 0.4) is 0 Å². The summed E-state index contributed by atoms with van der Waals surface area (Å²) < 4.78 is 7.44. The van der Waals surface area contributed by atoms with Crippen LogP contribution >= 0.6 is 11.3 Å². The number of aromatic nitrogens is 1. The van der Waals surface area contributed by atoms with Gasteiger partial charge in [0.05, 0.1) is 12.2 Å². The Kier molecular flexibility index (Phi) is 7.43. The van der Waals surface area contributed by atoms with E-state index in [2.05, 4.69) is 35.0 Å². The molecule has 0 radical (unpaired) electrons. The van der Waals surface area contributed by atoms with Gasteiger partial charge in [-0.25, -0.2) is 4.79 Å². The van der Waals surface area contributed by atoms with Gasteiger partial charge in [-0.1, -0.05) is 55.5 Å². The number of hydrogen-bond donors (Lipinski definition) is 1. The van der Waals surface area contributed by atoms with E-state index in [9.17, 15) is 14.9 Å². The molecule has 0 saturated heterocycles. The molecule has 2 heterocycles. The zero-order valence-corrected chi connectivity index (χ0v) is 22.3. The van der Waals surface area contributed by atoms with E-state index in [1.54, 1.807) is 13.0 Å². The summed E-state index contributed by atoms with van der Waals surface area (Å²) in [7, 11) is 0. The number of fused-ring (bicyclic) bond motifs is 2. The highest BCUT2D eigenvalue weighted by Crippen LogP contribution is 2.40. The number of nitrogens with one attached hydrogen (secondary N) is 1. The number of esters is 1. The van der Waals surface area contributed by atoms with Crippen LogP contribution in [0.25, 0.3) is 17.0 Å². The predicted octanol–water partition coefficient (Wildman–Crippen LogP) is 6.60. The highest BCUT2D eigenvalue weighted by molar-refractivity contribution is 7.17. The van der Waals surface area contributed by atoms with E-state index in [1.165, 1.54) is 11.3 Å². The molecule has 2 aromatic heterocycles. The van der Waals surface area contributed by atoms with Crippen molar-refractivity contribution in [2.75, 3.05) is 11.9 Å². The van der Waals surface area contributed by atoms with Gasteiger partial charge in [-0.2, -0.15) is 5.26 Å². The van der Waals surface area contributed by atoms with Crippen molar-refractivity contribution < 1.29 is 14.3 Å². The molecule has 0 bridgehead atoms. The maximum absolute atomic E-state index is 13.3. The Balaban J connectivity index is 1.48. The quantitative estimate of drug-likeness (QED) is 0.168.